The van der Waals surface area contributed by atoms with E-state index in [2.05, 4.69) is 0 Å². The summed E-state index contributed by atoms with van der Waals surface area (Å²) in [5, 5.41) is 34.0. The Hall–Kier alpha value is -0.614. The van der Waals surface area contributed by atoms with Gasteiger partial charge in [-0.2, -0.15) is 0 Å². The first-order valence-corrected chi connectivity index (χ1v) is 4.01. The zero-order chi connectivity index (χ0) is 12.9. The summed E-state index contributed by atoms with van der Waals surface area (Å²) < 4.78 is 0. The van der Waals surface area contributed by atoms with E-state index in [1.807, 2.05) is 0 Å². The van der Waals surface area contributed by atoms with Crippen LogP contribution >= 0.6 is 0 Å². The maximum Gasteiger partial charge on any atom is 1.00 e. The molecule has 8 nitrogen and oxygen atoms in total. The molecule has 0 aliphatic carbocycles. The van der Waals surface area contributed by atoms with Gasteiger partial charge in [-0.1, -0.05) is 6.42 Å². The molecule has 0 spiro atoms. The van der Waals surface area contributed by atoms with Gasteiger partial charge in [0.2, 0.25) is 0 Å². The van der Waals surface area contributed by atoms with Gasteiger partial charge in [0.05, 0.1) is 0 Å². The van der Waals surface area contributed by atoms with Crippen molar-refractivity contribution in [3.05, 3.63) is 5.92 Å². The van der Waals surface area contributed by atoms with Gasteiger partial charge in [-0.15, -0.1) is 0 Å². The van der Waals surface area contributed by atoms with Crippen LogP contribution in [-0.2, 0) is 19.2 Å². The van der Waals surface area contributed by atoms with Crippen molar-refractivity contribution in [3.63, 3.8) is 0 Å². The van der Waals surface area contributed by atoms with Crippen LogP contribution in [0.25, 0.3) is 0 Å². The molecular formula is C8H9KO8. The molecule has 0 saturated carbocycles. The van der Waals surface area contributed by atoms with E-state index in [0.29, 0.717) is 0 Å². The van der Waals surface area contributed by atoms with E-state index in [9.17, 15) is 19.2 Å². The summed E-state index contributed by atoms with van der Waals surface area (Å²) in [5.74, 6) is -9.16. The molecule has 0 amide bonds. The van der Waals surface area contributed by atoms with Gasteiger partial charge in [-0.3, -0.25) is 19.2 Å². The summed E-state index contributed by atoms with van der Waals surface area (Å²) in [4.78, 5) is 41.8. The Labute approximate surface area is 138 Å². The molecule has 1 unspecified atom stereocenters. The van der Waals surface area contributed by atoms with Crippen LogP contribution in [0.4, 0.5) is 0 Å². The molecule has 0 aliphatic rings. The van der Waals surface area contributed by atoms with Crippen molar-refractivity contribution < 1.29 is 91.0 Å². The second-order valence-electron chi connectivity index (χ2n) is 2.89. The minimum absolute atomic E-state index is 0. The van der Waals surface area contributed by atoms with Crippen molar-refractivity contribution in [1.82, 2.24) is 0 Å². The zero-order valence-electron chi connectivity index (χ0n) is 8.91. The van der Waals surface area contributed by atoms with Gasteiger partial charge in [-0.25, -0.2) is 5.92 Å². The number of carboxylic acids is 4. The summed E-state index contributed by atoms with van der Waals surface area (Å²) >= 11 is 0. The number of hydrogen-bond acceptors (Lipinski definition) is 4. The van der Waals surface area contributed by atoms with Gasteiger partial charge in [0, 0.05) is 6.42 Å². The molecule has 0 heterocycles. The fourth-order valence-electron chi connectivity index (χ4n) is 1.04. The van der Waals surface area contributed by atoms with E-state index in [1.165, 1.54) is 0 Å². The van der Waals surface area contributed by atoms with Crippen LogP contribution in [0.15, 0.2) is 0 Å². The van der Waals surface area contributed by atoms with Gasteiger partial charge in [0.25, 0.3) is 11.9 Å². The fourth-order valence-corrected chi connectivity index (χ4v) is 1.04. The number of aliphatic carboxylic acids is 4. The fraction of sp³-hybridized carbons (Fsp3) is 0.375. The van der Waals surface area contributed by atoms with Crippen molar-refractivity contribution in [1.29, 1.82) is 0 Å². The maximum absolute atomic E-state index is 10.6. The SMILES string of the molecule is O=C(O)C[C-](C(=O)O)C(CC(=O)O)C(=O)O.[K+]. The third kappa shape index (κ3) is 7.34. The Kier molecular flexibility index (Phi) is 9.34. The molecule has 0 aromatic rings. The first kappa shape index (κ1) is 18.7. The van der Waals surface area contributed by atoms with Crippen molar-refractivity contribution in [2.24, 2.45) is 5.92 Å². The van der Waals surface area contributed by atoms with Gasteiger partial charge < -0.3 is 20.4 Å². The summed E-state index contributed by atoms with van der Waals surface area (Å²) in [6.45, 7) is 0. The van der Waals surface area contributed by atoms with Crippen LogP contribution in [0, 0.1) is 11.8 Å². The third-order valence-corrected chi connectivity index (χ3v) is 1.71. The Morgan fingerprint density at radius 3 is 1.65 bits per heavy atom. The van der Waals surface area contributed by atoms with E-state index in [-0.39, 0.29) is 51.4 Å². The van der Waals surface area contributed by atoms with Gasteiger partial charge >= 0.3 is 57.4 Å². The normalized spacial score (nSPS) is 10.8. The van der Waals surface area contributed by atoms with E-state index in [0.717, 1.165) is 0 Å². The van der Waals surface area contributed by atoms with Crippen molar-refractivity contribution in [3.8, 4) is 0 Å². The summed E-state index contributed by atoms with van der Waals surface area (Å²) in [6, 6.07) is 0. The van der Waals surface area contributed by atoms with E-state index < -0.39 is 48.6 Å². The third-order valence-electron chi connectivity index (χ3n) is 1.71. The molecule has 4 N–H and O–H groups in total. The quantitative estimate of drug-likeness (QED) is 0.273. The largest absolute Gasteiger partial charge is 1.00 e. The Morgan fingerprint density at radius 1 is 0.941 bits per heavy atom. The molecule has 1 atom stereocenters. The van der Waals surface area contributed by atoms with E-state index in [1.54, 1.807) is 0 Å². The molecule has 0 saturated heterocycles. The zero-order valence-corrected chi connectivity index (χ0v) is 12.0. The van der Waals surface area contributed by atoms with Crippen molar-refractivity contribution >= 4 is 23.9 Å². The molecule has 9 heteroatoms. The Bertz CT molecular complexity index is 293. The predicted octanol–water partition coefficient (Wildman–Crippen LogP) is -3.70. The molecule has 0 aromatic carbocycles. The second kappa shape index (κ2) is 8.47. The minimum Gasteiger partial charge on any atom is -0.503 e. The summed E-state index contributed by atoms with van der Waals surface area (Å²) in [6.07, 6.45) is -1.98. The van der Waals surface area contributed by atoms with Crippen molar-refractivity contribution in [2.75, 3.05) is 0 Å². The predicted molar refractivity (Wildman–Crippen MR) is 46.5 cm³/mol. The molecule has 0 radical (unpaired) electrons. The number of rotatable bonds is 7. The van der Waals surface area contributed by atoms with Crippen molar-refractivity contribution in [2.45, 2.75) is 12.8 Å². The first-order chi connectivity index (χ1) is 7.25. The van der Waals surface area contributed by atoms with E-state index >= 15 is 0 Å². The average molecular weight is 272 g/mol. The van der Waals surface area contributed by atoms with Crippen LogP contribution in [0.1, 0.15) is 12.8 Å². The van der Waals surface area contributed by atoms with Gasteiger partial charge in [0.1, 0.15) is 0 Å². The number of carboxylic acid groups (broad SMARTS) is 4. The second-order valence-corrected chi connectivity index (χ2v) is 2.89. The molecule has 0 aliphatic heterocycles. The molecule has 90 valence electrons. The number of hydrogen-bond donors (Lipinski definition) is 4. The smallest absolute Gasteiger partial charge is 0.503 e. The molecule has 0 fully saturated rings. The topological polar surface area (TPSA) is 149 Å². The van der Waals surface area contributed by atoms with Crippen LogP contribution < -0.4 is 51.4 Å². The Morgan fingerprint density at radius 2 is 1.41 bits per heavy atom. The standard InChI is InChI=1S/C8H9O8.K/c9-5(10)1-3(7(13)14)4(8(15)16)2-6(11)12;/h3H,1-2H2,(H,9,10)(H,11,12)(H,13,14)(H,15,16);/q-1;+1. The molecule has 0 rings (SSSR count). The molecule has 0 bridgehead atoms. The van der Waals surface area contributed by atoms with Crippen LogP contribution in [-0.4, -0.2) is 44.3 Å². The first-order valence-electron chi connectivity index (χ1n) is 4.01. The summed E-state index contributed by atoms with van der Waals surface area (Å²) in [5.41, 5.74) is 0. The average Bonchev–Trinajstić information content (AvgIpc) is 2.09. The molecule has 0 aromatic heterocycles. The molecule has 17 heavy (non-hydrogen) atoms. The maximum atomic E-state index is 10.6. The molecular weight excluding hydrogens is 263 g/mol. The van der Waals surface area contributed by atoms with Crippen LogP contribution in [0.5, 0.6) is 0 Å². The number of carbonyl (C=O) groups is 4. The summed E-state index contributed by atoms with van der Waals surface area (Å²) in [7, 11) is 0. The van der Waals surface area contributed by atoms with Gasteiger partial charge in [-0.05, 0) is 5.92 Å². The monoisotopic (exact) mass is 272 g/mol. The minimum atomic E-state index is -1.84. The van der Waals surface area contributed by atoms with Crippen LogP contribution in [0.3, 0.4) is 0 Å². The van der Waals surface area contributed by atoms with Gasteiger partial charge in [0.15, 0.2) is 5.97 Å². The Balaban J connectivity index is 0. The van der Waals surface area contributed by atoms with E-state index in [4.69, 9.17) is 20.4 Å². The van der Waals surface area contributed by atoms with Crippen LogP contribution in [0.2, 0.25) is 0 Å².